The topological polar surface area (TPSA) is 141 Å². The molecule has 0 bridgehead atoms. The van der Waals surface area contributed by atoms with Gasteiger partial charge in [-0.3, -0.25) is 10.1 Å². The SMILES string of the molecule is C=CC(=O)OCCOC(=O)Nc1cc(NC(=O)C(C)(C)OC(C)CC(C)(C)OC(=O)NC)ccc1C. The maximum absolute atomic E-state index is 12.9. The molecule has 1 aromatic carbocycles. The number of amides is 3. The Bertz CT molecular complexity index is 959. The van der Waals surface area contributed by atoms with E-state index in [1.54, 1.807) is 59.7 Å². The highest BCUT2D eigenvalue weighted by Gasteiger charge is 2.34. The number of aryl methyl sites for hydroxylation is 1. The van der Waals surface area contributed by atoms with E-state index in [-0.39, 0.29) is 13.2 Å². The molecule has 11 heteroatoms. The number of hydrogen-bond acceptors (Lipinski definition) is 8. The van der Waals surface area contributed by atoms with E-state index in [0.717, 1.165) is 11.6 Å². The molecule has 1 rings (SSSR count). The second-order valence-electron chi connectivity index (χ2n) is 9.16. The van der Waals surface area contributed by atoms with Gasteiger partial charge in [-0.1, -0.05) is 12.6 Å². The van der Waals surface area contributed by atoms with E-state index in [1.807, 2.05) is 0 Å². The van der Waals surface area contributed by atoms with Crippen LogP contribution in [0.15, 0.2) is 30.9 Å². The number of anilines is 2. The number of ether oxygens (including phenoxy) is 4. The normalized spacial score (nSPS) is 12.1. The highest BCUT2D eigenvalue weighted by Crippen LogP contribution is 2.25. The number of hydrogen-bond donors (Lipinski definition) is 3. The van der Waals surface area contributed by atoms with Crippen LogP contribution in [0.25, 0.3) is 0 Å². The van der Waals surface area contributed by atoms with Gasteiger partial charge in [-0.15, -0.1) is 0 Å². The van der Waals surface area contributed by atoms with Gasteiger partial charge in [0.2, 0.25) is 0 Å². The zero-order valence-corrected chi connectivity index (χ0v) is 22.0. The average Bonchev–Trinajstić information content (AvgIpc) is 2.77. The van der Waals surface area contributed by atoms with Crippen molar-refractivity contribution in [1.29, 1.82) is 0 Å². The van der Waals surface area contributed by atoms with Crippen LogP contribution >= 0.6 is 0 Å². The van der Waals surface area contributed by atoms with Gasteiger partial charge in [-0.2, -0.15) is 0 Å². The van der Waals surface area contributed by atoms with Gasteiger partial charge >= 0.3 is 18.2 Å². The Balaban J connectivity index is 2.72. The minimum atomic E-state index is -1.21. The number of nitrogens with one attached hydrogen (secondary N) is 3. The molecule has 0 saturated carbocycles. The highest BCUT2D eigenvalue weighted by molar-refractivity contribution is 5.97. The Hall–Kier alpha value is -3.60. The van der Waals surface area contributed by atoms with Crippen LogP contribution in [0.4, 0.5) is 21.0 Å². The molecule has 36 heavy (non-hydrogen) atoms. The van der Waals surface area contributed by atoms with Crippen molar-refractivity contribution in [3.8, 4) is 0 Å². The van der Waals surface area contributed by atoms with Gasteiger partial charge in [0, 0.05) is 30.9 Å². The first-order valence-electron chi connectivity index (χ1n) is 11.4. The first kappa shape index (κ1) is 30.4. The van der Waals surface area contributed by atoms with E-state index in [1.165, 1.54) is 7.05 Å². The standard InChI is InChI=1S/C25H37N3O8/c1-9-20(29)33-12-13-34-23(32)28-19-14-18(11-10-16(19)2)27-21(30)25(6,7)35-17(3)15-24(4,5)36-22(31)26-8/h9-11,14,17H,1,12-13,15H2,2-8H3,(H,26,31)(H,27,30)(H,28,32). The smallest absolute Gasteiger partial charge is 0.411 e. The Morgan fingerprint density at radius 3 is 2.28 bits per heavy atom. The van der Waals surface area contributed by atoms with Gasteiger partial charge in [0.1, 0.15) is 24.4 Å². The second-order valence-corrected chi connectivity index (χ2v) is 9.16. The van der Waals surface area contributed by atoms with Crippen LogP contribution in [0.3, 0.4) is 0 Å². The molecule has 0 fully saturated rings. The predicted octanol–water partition coefficient (Wildman–Crippen LogP) is 3.92. The molecule has 3 amide bonds. The summed E-state index contributed by atoms with van der Waals surface area (Å²) in [6.45, 7) is 13.4. The fraction of sp³-hybridized carbons (Fsp3) is 0.520. The lowest BCUT2D eigenvalue weighted by atomic mass is 10.00. The van der Waals surface area contributed by atoms with Crippen LogP contribution in [0.2, 0.25) is 0 Å². The fourth-order valence-electron chi connectivity index (χ4n) is 3.23. The van der Waals surface area contributed by atoms with Gasteiger partial charge in [0.25, 0.3) is 5.91 Å². The predicted molar refractivity (Wildman–Crippen MR) is 135 cm³/mol. The van der Waals surface area contributed by atoms with E-state index in [0.29, 0.717) is 17.8 Å². The number of alkyl carbamates (subject to hydrolysis) is 1. The van der Waals surface area contributed by atoms with E-state index >= 15 is 0 Å². The van der Waals surface area contributed by atoms with Crippen molar-refractivity contribution in [2.24, 2.45) is 0 Å². The molecular formula is C25H37N3O8. The van der Waals surface area contributed by atoms with Crippen molar-refractivity contribution >= 4 is 35.4 Å². The fourth-order valence-corrected chi connectivity index (χ4v) is 3.23. The molecule has 3 N–H and O–H groups in total. The Kier molecular flexibility index (Phi) is 11.4. The van der Waals surface area contributed by atoms with Gasteiger partial charge in [0.15, 0.2) is 0 Å². The minimum Gasteiger partial charge on any atom is -0.459 e. The summed E-state index contributed by atoms with van der Waals surface area (Å²) in [7, 11) is 1.48. The molecule has 1 atom stereocenters. The molecule has 0 radical (unpaired) electrons. The molecule has 0 aliphatic carbocycles. The highest BCUT2D eigenvalue weighted by atomic mass is 16.6. The van der Waals surface area contributed by atoms with Gasteiger partial charge in [-0.05, 0) is 59.2 Å². The minimum absolute atomic E-state index is 0.101. The largest absolute Gasteiger partial charge is 0.459 e. The van der Waals surface area contributed by atoms with Crippen molar-refractivity contribution in [3.63, 3.8) is 0 Å². The molecule has 1 unspecified atom stereocenters. The molecule has 0 heterocycles. The third-order valence-electron chi connectivity index (χ3n) is 4.85. The average molecular weight is 508 g/mol. The third kappa shape index (κ3) is 10.8. The summed E-state index contributed by atoms with van der Waals surface area (Å²) in [4.78, 5) is 47.5. The quantitative estimate of drug-likeness (QED) is 0.167. The van der Waals surface area contributed by atoms with Crippen LogP contribution in [0, 0.1) is 6.92 Å². The summed E-state index contributed by atoms with van der Waals surface area (Å²) < 4.78 is 21.0. The molecular weight excluding hydrogens is 470 g/mol. The molecule has 0 aromatic heterocycles. The maximum Gasteiger partial charge on any atom is 0.411 e. The number of benzene rings is 1. The number of carbonyl (C=O) groups is 4. The summed E-state index contributed by atoms with van der Waals surface area (Å²) in [6.07, 6.45) is -0.312. The zero-order chi connectivity index (χ0) is 27.5. The van der Waals surface area contributed by atoms with E-state index < -0.39 is 41.4 Å². The van der Waals surface area contributed by atoms with Crippen molar-refractivity contribution in [1.82, 2.24) is 5.32 Å². The molecule has 11 nitrogen and oxygen atoms in total. The zero-order valence-electron chi connectivity index (χ0n) is 22.0. The Labute approximate surface area is 211 Å². The first-order chi connectivity index (χ1) is 16.7. The lowest BCUT2D eigenvalue weighted by Gasteiger charge is -2.32. The van der Waals surface area contributed by atoms with Crippen molar-refractivity contribution in [2.75, 3.05) is 30.9 Å². The molecule has 0 aliphatic heterocycles. The van der Waals surface area contributed by atoms with Crippen LogP contribution in [0.5, 0.6) is 0 Å². The summed E-state index contributed by atoms with van der Waals surface area (Å²) in [6, 6.07) is 5.01. The number of rotatable bonds is 12. The van der Waals surface area contributed by atoms with Gasteiger partial charge < -0.3 is 29.6 Å². The van der Waals surface area contributed by atoms with Gasteiger partial charge in [0.05, 0.1) is 6.10 Å². The first-order valence-corrected chi connectivity index (χ1v) is 11.4. The second kappa shape index (κ2) is 13.5. The van der Waals surface area contributed by atoms with Crippen molar-refractivity contribution < 1.29 is 38.1 Å². The number of esters is 1. The van der Waals surface area contributed by atoms with Gasteiger partial charge in [-0.25, -0.2) is 14.4 Å². The molecule has 0 saturated heterocycles. The van der Waals surface area contributed by atoms with E-state index in [9.17, 15) is 19.2 Å². The summed E-state index contributed by atoms with van der Waals surface area (Å²) in [5.74, 6) is -1.01. The van der Waals surface area contributed by atoms with Crippen LogP contribution in [0.1, 0.15) is 46.6 Å². The summed E-state index contributed by atoms with van der Waals surface area (Å²) in [5.41, 5.74) is -0.395. The molecule has 0 spiro atoms. The summed E-state index contributed by atoms with van der Waals surface area (Å²) in [5, 5.41) is 7.78. The van der Waals surface area contributed by atoms with Crippen LogP contribution < -0.4 is 16.0 Å². The van der Waals surface area contributed by atoms with Crippen molar-refractivity contribution in [2.45, 2.75) is 65.3 Å². The molecule has 0 aliphatic rings. The lowest BCUT2D eigenvalue weighted by Crippen LogP contribution is -2.44. The maximum atomic E-state index is 12.9. The third-order valence-corrected chi connectivity index (χ3v) is 4.85. The number of carbonyl (C=O) groups excluding carboxylic acids is 4. The Morgan fingerprint density at radius 2 is 1.67 bits per heavy atom. The Morgan fingerprint density at radius 1 is 1.03 bits per heavy atom. The summed E-state index contributed by atoms with van der Waals surface area (Å²) >= 11 is 0. The molecule has 200 valence electrons. The lowest BCUT2D eigenvalue weighted by molar-refractivity contribution is -0.147. The monoisotopic (exact) mass is 507 g/mol. The van der Waals surface area contributed by atoms with Crippen LogP contribution in [-0.4, -0.2) is 61.6 Å². The van der Waals surface area contributed by atoms with E-state index in [4.69, 9.17) is 18.9 Å². The van der Waals surface area contributed by atoms with Crippen molar-refractivity contribution in [3.05, 3.63) is 36.4 Å². The van der Waals surface area contributed by atoms with Crippen LogP contribution in [-0.2, 0) is 28.5 Å². The molecule has 1 aromatic rings. The van der Waals surface area contributed by atoms with E-state index in [2.05, 4.69) is 22.5 Å².